The minimum atomic E-state index is -0.537. The number of amides is 1. The Morgan fingerprint density at radius 3 is 2.88 bits per heavy atom. The molecule has 1 aromatic heterocycles. The molecule has 1 heterocycles. The fraction of sp³-hybridized carbons (Fsp3) is 0.167. The summed E-state index contributed by atoms with van der Waals surface area (Å²) >= 11 is 0. The highest BCUT2D eigenvalue weighted by atomic mass is 16.6. The van der Waals surface area contributed by atoms with E-state index in [-0.39, 0.29) is 0 Å². The molecule has 0 aliphatic rings. The molecule has 1 N–H and O–H groups in total. The molecule has 0 saturated heterocycles. The molecule has 1 aromatic carbocycles. The van der Waals surface area contributed by atoms with E-state index in [1.807, 2.05) is 0 Å². The van der Waals surface area contributed by atoms with E-state index in [1.165, 1.54) is 12.1 Å². The van der Waals surface area contributed by atoms with Crippen LogP contribution in [0.5, 0.6) is 5.75 Å². The zero-order valence-electron chi connectivity index (χ0n) is 9.23. The van der Waals surface area contributed by atoms with Crippen LogP contribution in [0.3, 0.4) is 0 Å². The normalized spacial score (nSPS) is 10.2. The maximum Gasteiger partial charge on any atom is 0.412 e. The summed E-state index contributed by atoms with van der Waals surface area (Å²) in [7, 11) is 0. The van der Waals surface area contributed by atoms with E-state index in [4.69, 9.17) is 9.15 Å². The van der Waals surface area contributed by atoms with Crippen molar-refractivity contribution in [3.63, 3.8) is 0 Å². The standard InChI is InChI=1S/C12H11NO4/c1-2-13-12(15)16-9-5-3-8-4-6-11(14)17-10(8)7-9/h3-7H,2H2,1H3,(H,13,15). The fourth-order valence-corrected chi connectivity index (χ4v) is 1.39. The van der Waals surface area contributed by atoms with Crippen molar-refractivity contribution < 1.29 is 13.9 Å². The van der Waals surface area contributed by atoms with Crippen LogP contribution in [-0.4, -0.2) is 12.6 Å². The average molecular weight is 233 g/mol. The molecule has 0 atom stereocenters. The lowest BCUT2D eigenvalue weighted by Crippen LogP contribution is -2.26. The molecular formula is C12H11NO4. The zero-order valence-corrected chi connectivity index (χ0v) is 9.23. The summed E-state index contributed by atoms with van der Waals surface area (Å²) in [5, 5.41) is 3.27. The number of carbonyl (C=O) groups excluding carboxylic acids is 1. The van der Waals surface area contributed by atoms with Crippen LogP contribution in [0.1, 0.15) is 6.92 Å². The van der Waals surface area contributed by atoms with Crippen LogP contribution in [0, 0.1) is 0 Å². The smallest absolute Gasteiger partial charge is 0.412 e. The molecule has 0 saturated carbocycles. The summed E-state index contributed by atoms with van der Waals surface area (Å²) in [6.45, 7) is 2.28. The van der Waals surface area contributed by atoms with Gasteiger partial charge in [-0.1, -0.05) is 0 Å². The minimum absolute atomic E-state index is 0.331. The van der Waals surface area contributed by atoms with Gasteiger partial charge in [-0.2, -0.15) is 0 Å². The van der Waals surface area contributed by atoms with Gasteiger partial charge in [-0.15, -0.1) is 0 Å². The second kappa shape index (κ2) is 4.69. The van der Waals surface area contributed by atoms with Gasteiger partial charge in [-0.3, -0.25) is 0 Å². The number of ether oxygens (including phenoxy) is 1. The van der Waals surface area contributed by atoms with E-state index in [0.717, 1.165) is 5.39 Å². The van der Waals surface area contributed by atoms with E-state index in [9.17, 15) is 9.59 Å². The van der Waals surface area contributed by atoms with Crippen molar-refractivity contribution in [2.24, 2.45) is 0 Å². The predicted molar refractivity (Wildman–Crippen MR) is 62.2 cm³/mol. The minimum Gasteiger partial charge on any atom is -0.423 e. The Labute approximate surface area is 97.0 Å². The summed E-state index contributed by atoms with van der Waals surface area (Å²) in [6, 6.07) is 7.85. The van der Waals surface area contributed by atoms with Gasteiger partial charge in [-0.25, -0.2) is 9.59 Å². The predicted octanol–water partition coefficient (Wildman–Crippen LogP) is 1.90. The van der Waals surface area contributed by atoms with Crippen molar-refractivity contribution in [3.8, 4) is 5.75 Å². The first-order valence-electron chi connectivity index (χ1n) is 5.18. The first-order chi connectivity index (χ1) is 8.19. The lowest BCUT2D eigenvalue weighted by Gasteiger charge is -2.04. The van der Waals surface area contributed by atoms with Crippen LogP contribution in [0.25, 0.3) is 11.0 Å². The first-order valence-corrected chi connectivity index (χ1v) is 5.18. The van der Waals surface area contributed by atoms with Gasteiger partial charge >= 0.3 is 11.7 Å². The van der Waals surface area contributed by atoms with Gasteiger partial charge in [0, 0.05) is 24.1 Å². The third-order valence-electron chi connectivity index (χ3n) is 2.13. The SMILES string of the molecule is CCNC(=O)Oc1ccc2ccc(=O)oc2c1. The van der Waals surface area contributed by atoms with Crippen molar-refractivity contribution in [2.75, 3.05) is 6.54 Å². The second-order valence-corrected chi connectivity index (χ2v) is 3.37. The maximum absolute atomic E-state index is 11.2. The molecule has 5 heteroatoms. The van der Waals surface area contributed by atoms with Crippen LogP contribution >= 0.6 is 0 Å². The lowest BCUT2D eigenvalue weighted by molar-refractivity contribution is 0.201. The van der Waals surface area contributed by atoms with Gasteiger partial charge in [0.15, 0.2) is 0 Å². The molecule has 0 aliphatic heterocycles. The molecule has 0 aliphatic carbocycles. The highest BCUT2D eigenvalue weighted by Crippen LogP contribution is 2.19. The maximum atomic E-state index is 11.2. The van der Waals surface area contributed by atoms with Crippen molar-refractivity contribution >= 4 is 17.1 Å². The summed E-state index contributed by atoms with van der Waals surface area (Å²) in [5.74, 6) is 0.331. The number of rotatable bonds is 2. The molecule has 2 aromatic rings. The molecule has 0 fully saturated rings. The lowest BCUT2D eigenvalue weighted by atomic mass is 10.2. The fourth-order valence-electron chi connectivity index (χ4n) is 1.39. The van der Waals surface area contributed by atoms with E-state index in [2.05, 4.69) is 5.32 Å². The molecule has 1 amide bonds. The van der Waals surface area contributed by atoms with Gasteiger partial charge in [0.05, 0.1) is 0 Å². The molecule has 88 valence electrons. The largest absolute Gasteiger partial charge is 0.423 e. The van der Waals surface area contributed by atoms with Gasteiger partial charge < -0.3 is 14.5 Å². The molecule has 0 radical (unpaired) electrons. The summed E-state index contributed by atoms with van der Waals surface area (Å²) in [5.41, 5.74) is -0.0491. The third kappa shape index (κ3) is 2.63. The van der Waals surface area contributed by atoms with E-state index in [0.29, 0.717) is 17.9 Å². The molecular weight excluding hydrogens is 222 g/mol. The Bertz CT molecular complexity index is 603. The highest BCUT2D eigenvalue weighted by Gasteiger charge is 2.04. The summed E-state index contributed by atoms with van der Waals surface area (Å²) < 4.78 is 9.97. The third-order valence-corrected chi connectivity index (χ3v) is 2.13. The Kier molecular flexibility index (Phi) is 3.09. The van der Waals surface area contributed by atoms with Crippen molar-refractivity contribution in [3.05, 3.63) is 40.8 Å². The Balaban J connectivity index is 2.30. The molecule has 0 bridgehead atoms. The number of hydrogen-bond acceptors (Lipinski definition) is 4. The van der Waals surface area contributed by atoms with E-state index < -0.39 is 11.7 Å². The van der Waals surface area contributed by atoms with Crippen LogP contribution in [0.4, 0.5) is 4.79 Å². The van der Waals surface area contributed by atoms with Crippen molar-refractivity contribution in [1.82, 2.24) is 5.32 Å². The number of hydrogen-bond donors (Lipinski definition) is 1. The molecule has 17 heavy (non-hydrogen) atoms. The number of benzene rings is 1. The first kappa shape index (κ1) is 11.2. The molecule has 5 nitrogen and oxygen atoms in total. The average Bonchev–Trinajstić information content (AvgIpc) is 2.28. The molecule has 2 rings (SSSR count). The van der Waals surface area contributed by atoms with Gasteiger partial charge in [0.25, 0.3) is 0 Å². The second-order valence-electron chi connectivity index (χ2n) is 3.37. The number of carbonyl (C=O) groups is 1. The topological polar surface area (TPSA) is 68.5 Å². The Morgan fingerprint density at radius 1 is 1.35 bits per heavy atom. The van der Waals surface area contributed by atoms with Crippen molar-refractivity contribution in [1.29, 1.82) is 0 Å². The Morgan fingerprint density at radius 2 is 2.12 bits per heavy atom. The number of fused-ring (bicyclic) bond motifs is 1. The van der Waals surface area contributed by atoms with Gasteiger partial charge in [0.2, 0.25) is 0 Å². The number of nitrogens with one attached hydrogen (secondary N) is 1. The monoisotopic (exact) mass is 233 g/mol. The molecule has 0 spiro atoms. The Hall–Kier alpha value is -2.30. The van der Waals surface area contributed by atoms with Crippen LogP contribution < -0.4 is 15.7 Å². The van der Waals surface area contributed by atoms with E-state index in [1.54, 1.807) is 25.1 Å². The zero-order chi connectivity index (χ0) is 12.3. The van der Waals surface area contributed by atoms with Crippen LogP contribution in [-0.2, 0) is 0 Å². The highest BCUT2D eigenvalue weighted by molar-refractivity contribution is 5.79. The van der Waals surface area contributed by atoms with Crippen LogP contribution in [0.15, 0.2) is 39.5 Å². The van der Waals surface area contributed by atoms with Crippen LogP contribution in [0.2, 0.25) is 0 Å². The van der Waals surface area contributed by atoms with Crippen molar-refractivity contribution in [2.45, 2.75) is 6.92 Å². The van der Waals surface area contributed by atoms with E-state index >= 15 is 0 Å². The van der Waals surface area contributed by atoms with Gasteiger partial charge in [-0.05, 0) is 25.1 Å². The summed E-state index contributed by atoms with van der Waals surface area (Å²) in [6.07, 6.45) is -0.537. The molecule has 0 unspecified atom stereocenters. The summed E-state index contributed by atoms with van der Waals surface area (Å²) in [4.78, 5) is 22.2. The van der Waals surface area contributed by atoms with Gasteiger partial charge in [0.1, 0.15) is 11.3 Å². The quantitative estimate of drug-likeness (QED) is 0.804.